The molecule has 0 spiro atoms. The summed E-state index contributed by atoms with van der Waals surface area (Å²) in [7, 11) is 0. The highest BCUT2D eigenvalue weighted by Crippen LogP contribution is 2.34. The number of halogens is 1. The summed E-state index contributed by atoms with van der Waals surface area (Å²) < 4.78 is 10.8. The van der Waals surface area contributed by atoms with Crippen LogP contribution >= 0.6 is 11.6 Å². The Morgan fingerprint density at radius 1 is 1.30 bits per heavy atom. The summed E-state index contributed by atoms with van der Waals surface area (Å²) in [6.45, 7) is -0.396. The van der Waals surface area contributed by atoms with Gasteiger partial charge < -0.3 is 29.8 Å². The fourth-order valence-corrected chi connectivity index (χ4v) is 2.56. The van der Waals surface area contributed by atoms with Gasteiger partial charge in [-0.3, -0.25) is 0 Å². The Balaban J connectivity index is 1.87. The lowest BCUT2D eigenvalue weighted by atomic mass is 10.1. The Morgan fingerprint density at radius 3 is 2.80 bits per heavy atom. The molecule has 7 heteroatoms. The highest BCUT2D eigenvalue weighted by atomic mass is 35.5. The number of hydrogen-bond donors (Lipinski definition) is 4. The van der Waals surface area contributed by atoms with E-state index in [1.807, 2.05) is 6.07 Å². The molecule has 0 saturated carbocycles. The summed E-state index contributed by atoms with van der Waals surface area (Å²) in [6.07, 6.45) is -2.75. The van der Waals surface area contributed by atoms with Gasteiger partial charge in [0.05, 0.1) is 22.5 Å². The van der Waals surface area contributed by atoms with Crippen LogP contribution in [0.2, 0.25) is 5.02 Å². The first kappa shape index (κ1) is 13.7. The van der Waals surface area contributed by atoms with Crippen LogP contribution in [0, 0.1) is 0 Å². The van der Waals surface area contributed by atoms with Crippen molar-refractivity contribution >= 4 is 22.5 Å². The third-order valence-electron chi connectivity index (χ3n) is 3.36. The van der Waals surface area contributed by atoms with Crippen LogP contribution in [0.25, 0.3) is 10.9 Å². The molecule has 1 fully saturated rings. The van der Waals surface area contributed by atoms with Gasteiger partial charge in [-0.2, -0.15) is 0 Å². The van der Waals surface area contributed by atoms with Gasteiger partial charge in [0.25, 0.3) is 0 Å². The standard InChI is InChI=1S/C13H14ClNO5/c14-6-2-1-3-7-10(6)8(4-15-7)19-13-12(18)11(17)9(5-16)20-13/h1-4,9,11-13,15-18H,5H2/t9-,11-,12-,13-/m1/s1. The smallest absolute Gasteiger partial charge is 0.229 e. The van der Waals surface area contributed by atoms with E-state index in [9.17, 15) is 10.2 Å². The SMILES string of the molecule is OC[C@H]1O[C@@H](Oc2c[nH]c3cccc(Cl)c23)[C@H](O)[C@@H]1O. The lowest BCUT2D eigenvalue weighted by Gasteiger charge is -2.16. The number of aliphatic hydroxyl groups is 3. The Bertz CT molecular complexity index is 616. The van der Waals surface area contributed by atoms with Crippen LogP contribution in [0.4, 0.5) is 0 Å². The molecule has 0 bridgehead atoms. The van der Waals surface area contributed by atoms with Crippen molar-refractivity contribution in [2.75, 3.05) is 6.61 Å². The monoisotopic (exact) mass is 299 g/mol. The summed E-state index contributed by atoms with van der Waals surface area (Å²) in [6, 6.07) is 5.37. The zero-order chi connectivity index (χ0) is 14.3. The molecule has 0 radical (unpaired) electrons. The maximum atomic E-state index is 9.84. The molecule has 6 nitrogen and oxygen atoms in total. The molecule has 0 amide bonds. The van der Waals surface area contributed by atoms with E-state index in [2.05, 4.69) is 4.98 Å². The molecular formula is C13H14ClNO5. The van der Waals surface area contributed by atoms with E-state index >= 15 is 0 Å². The molecule has 1 aliphatic rings. The van der Waals surface area contributed by atoms with Gasteiger partial charge >= 0.3 is 0 Å². The minimum Gasteiger partial charge on any atom is -0.460 e. The molecule has 1 aliphatic heterocycles. The van der Waals surface area contributed by atoms with Crippen molar-refractivity contribution in [1.29, 1.82) is 0 Å². The zero-order valence-corrected chi connectivity index (χ0v) is 11.1. The first-order valence-electron chi connectivity index (χ1n) is 6.16. The molecule has 1 aromatic carbocycles. The number of rotatable bonds is 3. The number of aliphatic hydroxyl groups excluding tert-OH is 3. The molecule has 2 aromatic rings. The van der Waals surface area contributed by atoms with Crippen LogP contribution in [-0.2, 0) is 4.74 Å². The molecule has 3 rings (SSSR count). The van der Waals surface area contributed by atoms with Crippen molar-refractivity contribution in [2.45, 2.75) is 24.6 Å². The Kier molecular flexibility index (Phi) is 3.57. The van der Waals surface area contributed by atoms with Crippen molar-refractivity contribution in [3.8, 4) is 5.75 Å². The molecule has 4 atom stereocenters. The summed E-state index contributed by atoms with van der Waals surface area (Å²) in [5, 5.41) is 29.7. The lowest BCUT2D eigenvalue weighted by molar-refractivity contribution is -0.115. The van der Waals surface area contributed by atoms with Crippen molar-refractivity contribution < 1.29 is 24.8 Å². The number of hydrogen-bond acceptors (Lipinski definition) is 5. The van der Waals surface area contributed by atoms with E-state index in [0.29, 0.717) is 16.2 Å². The number of aromatic amines is 1. The number of ether oxygens (including phenoxy) is 2. The van der Waals surface area contributed by atoms with Crippen LogP contribution in [0.1, 0.15) is 0 Å². The summed E-state index contributed by atoms with van der Waals surface area (Å²) in [5.74, 6) is 0.417. The minimum atomic E-state index is -1.24. The van der Waals surface area contributed by atoms with Crippen molar-refractivity contribution in [3.05, 3.63) is 29.4 Å². The van der Waals surface area contributed by atoms with E-state index < -0.39 is 31.2 Å². The van der Waals surface area contributed by atoms with E-state index in [1.54, 1.807) is 18.3 Å². The minimum absolute atomic E-state index is 0.396. The lowest BCUT2D eigenvalue weighted by Crippen LogP contribution is -2.35. The maximum absolute atomic E-state index is 9.84. The van der Waals surface area contributed by atoms with Crippen LogP contribution < -0.4 is 4.74 Å². The van der Waals surface area contributed by atoms with Crippen molar-refractivity contribution in [3.63, 3.8) is 0 Å². The molecule has 0 unspecified atom stereocenters. The number of benzene rings is 1. The largest absolute Gasteiger partial charge is 0.460 e. The van der Waals surface area contributed by atoms with Gasteiger partial charge in [0, 0.05) is 6.20 Å². The molecule has 1 saturated heterocycles. The first-order valence-corrected chi connectivity index (χ1v) is 6.54. The van der Waals surface area contributed by atoms with Gasteiger partial charge in [0.2, 0.25) is 6.29 Å². The predicted molar refractivity (Wildman–Crippen MR) is 71.7 cm³/mol. The fourth-order valence-electron chi connectivity index (χ4n) is 2.29. The second kappa shape index (κ2) is 5.23. The third-order valence-corrected chi connectivity index (χ3v) is 3.68. The van der Waals surface area contributed by atoms with Gasteiger partial charge in [-0.15, -0.1) is 0 Å². The molecular weight excluding hydrogens is 286 g/mol. The fraction of sp³-hybridized carbons (Fsp3) is 0.385. The highest BCUT2D eigenvalue weighted by molar-refractivity contribution is 6.36. The average Bonchev–Trinajstić information content (AvgIpc) is 2.97. The van der Waals surface area contributed by atoms with Crippen LogP contribution in [0.5, 0.6) is 5.75 Å². The number of nitrogens with one attached hydrogen (secondary N) is 1. The first-order chi connectivity index (χ1) is 9.61. The molecule has 4 N–H and O–H groups in total. The van der Waals surface area contributed by atoms with Crippen molar-refractivity contribution in [1.82, 2.24) is 4.98 Å². The van der Waals surface area contributed by atoms with Gasteiger partial charge in [-0.1, -0.05) is 17.7 Å². The van der Waals surface area contributed by atoms with Crippen molar-refractivity contribution in [2.24, 2.45) is 0 Å². The van der Waals surface area contributed by atoms with Gasteiger partial charge in [0.1, 0.15) is 24.1 Å². The second-order valence-corrected chi connectivity index (χ2v) is 5.05. The highest BCUT2D eigenvalue weighted by Gasteiger charge is 2.44. The number of H-pyrrole nitrogens is 1. The topological polar surface area (TPSA) is 94.9 Å². The van der Waals surface area contributed by atoms with E-state index in [4.69, 9.17) is 26.2 Å². The van der Waals surface area contributed by atoms with Gasteiger partial charge in [-0.25, -0.2) is 0 Å². The number of aromatic nitrogens is 1. The summed E-state index contributed by atoms with van der Waals surface area (Å²) >= 11 is 6.12. The Morgan fingerprint density at radius 2 is 2.10 bits per heavy atom. The average molecular weight is 300 g/mol. The van der Waals surface area contributed by atoms with Crippen LogP contribution in [0.15, 0.2) is 24.4 Å². The van der Waals surface area contributed by atoms with Gasteiger partial charge in [0.15, 0.2) is 0 Å². The molecule has 1 aromatic heterocycles. The van der Waals surface area contributed by atoms with E-state index in [1.165, 1.54) is 0 Å². The normalized spacial score (nSPS) is 30.0. The Labute approximate surface area is 119 Å². The molecule has 2 heterocycles. The maximum Gasteiger partial charge on any atom is 0.229 e. The van der Waals surface area contributed by atoms with E-state index in [-0.39, 0.29) is 0 Å². The van der Waals surface area contributed by atoms with Crippen LogP contribution in [0.3, 0.4) is 0 Å². The van der Waals surface area contributed by atoms with Gasteiger partial charge in [-0.05, 0) is 12.1 Å². The molecule has 108 valence electrons. The summed E-state index contributed by atoms with van der Waals surface area (Å²) in [4.78, 5) is 3.00. The van der Waals surface area contributed by atoms with Crippen LogP contribution in [-0.4, -0.2) is 51.5 Å². The third kappa shape index (κ3) is 2.15. The zero-order valence-electron chi connectivity index (χ0n) is 10.4. The second-order valence-electron chi connectivity index (χ2n) is 4.64. The summed E-state index contributed by atoms with van der Waals surface area (Å²) in [5.41, 5.74) is 0.791. The predicted octanol–water partition coefficient (Wildman–Crippen LogP) is 0.639. The molecule has 20 heavy (non-hydrogen) atoms. The quantitative estimate of drug-likeness (QED) is 0.667. The Hall–Kier alpha value is -1.31. The number of fused-ring (bicyclic) bond motifs is 1. The molecule has 0 aliphatic carbocycles. The van der Waals surface area contributed by atoms with E-state index in [0.717, 1.165) is 5.52 Å².